The van der Waals surface area contributed by atoms with Crippen molar-refractivity contribution in [2.75, 3.05) is 0 Å². The van der Waals surface area contributed by atoms with Crippen LogP contribution in [0.25, 0.3) is 5.57 Å². The lowest BCUT2D eigenvalue weighted by Gasteiger charge is -2.11. The number of aromatic nitrogens is 1. The molecule has 1 fully saturated rings. The minimum atomic E-state index is 0. The largest absolute Gasteiger partial charge is 0.304 e. The first-order valence-corrected chi connectivity index (χ1v) is 4.81. The van der Waals surface area contributed by atoms with E-state index in [4.69, 9.17) is 0 Å². The molecule has 2 nitrogen and oxygen atoms in total. The molecule has 3 heterocycles. The monoisotopic (exact) mass is 208 g/mol. The standard InChI is InChI=1S/C11H12N2.ClH/c1-2-8(7-12-5-1)10-6-9-3-4-11(10)13-9;/h1-2,5-7,9,11,13H,3-4H2;1H. The van der Waals surface area contributed by atoms with Crippen LogP contribution in [0.5, 0.6) is 0 Å². The molecule has 2 bridgehead atoms. The van der Waals surface area contributed by atoms with E-state index >= 15 is 0 Å². The molecule has 1 aromatic heterocycles. The van der Waals surface area contributed by atoms with Crippen molar-refractivity contribution in [3.05, 3.63) is 36.2 Å². The summed E-state index contributed by atoms with van der Waals surface area (Å²) in [5.41, 5.74) is 2.73. The number of nitrogens with one attached hydrogen (secondary N) is 1. The number of halogens is 1. The van der Waals surface area contributed by atoms with E-state index in [1.54, 1.807) is 0 Å². The Morgan fingerprint density at radius 3 is 2.86 bits per heavy atom. The molecule has 74 valence electrons. The van der Waals surface area contributed by atoms with Crippen LogP contribution >= 0.6 is 12.4 Å². The highest BCUT2D eigenvalue weighted by Gasteiger charge is 2.32. The maximum atomic E-state index is 4.14. The molecule has 1 aromatic rings. The van der Waals surface area contributed by atoms with Crippen molar-refractivity contribution in [3.63, 3.8) is 0 Å². The van der Waals surface area contributed by atoms with Gasteiger partial charge in [-0.15, -0.1) is 12.4 Å². The lowest BCUT2D eigenvalue weighted by Crippen LogP contribution is -2.21. The molecule has 2 aliphatic rings. The SMILES string of the molecule is C1=C(c2cccnc2)C2CCC1N2.Cl. The minimum absolute atomic E-state index is 0. The van der Waals surface area contributed by atoms with Gasteiger partial charge in [0.05, 0.1) is 0 Å². The molecular weight excluding hydrogens is 196 g/mol. The Hall–Kier alpha value is -0.860. The molecule has 1 saturated heterocycles. The average Bonchev–Trinajstić information content (AvgIpc) is 2.80. The van der Waals surface area contributed by atoms with Crippen molar-refractivity contribution in [2.45, 2.75) is 24.9 Å². The van der Waals surface area contributed by atoms with Crippen molar-refractivity contribution in [3.8, 4) is 0 Å². The summed E-state index contributed by atoms with van der Waals surface area (Å²) >= 11 is 0. The molecule has 0 radical (unpaired) electrons. The molecule has 14 heavy (non-hydrogen) atoms. The van der Waals surface area contributed by atoms with Gasteiger partial charge in [-0.05, 0) is 30.0 Å². The fraction of sp³-hybridized carbons (Fsp3) is 0.364. The Labute approximate surface area is 89.8 Å². The van der Waals surface area contributed by atoms with Gasteiger partial charge in [0.15, 0.2) is 0 Å². The summed E-state index contributed by atoms with van der Waals surface area (Å²) in [5.74, 6) is 0. The van der Waals surface area contributed by atoms with Gasteiger partial charge in [-0.25, -0.2) is 0 Å². The Morgan fingerprint density at radius 1 is 1.36 bits per heavy atom. The molecule has 2 aliphatic heterocycles. The summed E-state index contributed by atoms with van der Waals surface area (Å²) in [6.45, 7) is 0. The van der Waals surface area contributed by atoms with Crippen LogP contribution < -0.4 is 5.32 Å². The second-order valence-corrected chi connectivity index (χ2v) is 3.77. The number of pyridine rings is 1. The van der Waals surface area contributed by atoms with E-state index in [9.17, 15) is 0 Å². The Balaban J connectivity index is 0.000000750. The van der Waals surface area contributed by atoms with Gasteiger partial charge in [-0.1, -0.05) is 12.1 Å². The van der Waals surface area contributed by atoms with Crippen molar-refractivity contribution in [1.82, 2.24) is 10.3 Å². The predicted molar refractivity (Wildman–Crippen MR) is 59.4 cm³/mol. The van der Waals surface area contributed by atoms with Gasteiger partial charge in [-0.3, -0.25) is 4.98 Å². The minimum Gasteiger partial charge on any atom is -0.304 e. The van der Waals surface area contributed by atoms with Crippen LogP contribution in [0.4, 0.5) is 0 Å². The van der Waals surface area contributed by atoms with E-state index in [1.807, 2.05) is 18.5 Å². The molecule has 0 spiro atoms. The molecule has 0 amide bonds. The fourth-order valence-electron chi connectivity index (χ4n) is 2.31. The number of hydrogen-bond acceptors (Lipinski definition) is 2. The maximum absolute atomic E-state index is 4.14. The van der Waals surface area contributed by atoms with Gasteiger partial charge in [0, 0.05) is 24.5 Å². The maximum Gasteiger partial charge on any atom is 0.0343 e. The zero-order valence-corrected chi connectivity index (χ0v) is 8.63. The highest BCUT2D eigenvalue weighted by molar-refractivity contribution is 5.85. The van der Waals surface area contributed by atoms with Crippen molar-refractivity contribution in [2.24, 2.45) is 0 Å². The molecule has 0 aromatic carbocycles. The smallest absolute Gasteiger partial charge is 0.0343 e. The summed E-state index contributed by atoms with van der Waals surface area (Å²) in [6, 6.07) is 5.36. The Morgan fingerprint density at radius 2 is 2.29 bits per heavy atom. The van der Waals surface area contributed by atoms with Crippen molar-refractivity contribution < 1.29 is 0 Å². The first kappa shape index (κ1) is 9.69. The van der Waals surface area contributed by atoms with Gasteiger partial charge in [0.1, 0.15) is 0 Å². The molecule has 3 rings (SSSR count). The molecule has 1 N–H and O–H groups in total. The number of hydrogen-bond donors (Lipinski definition) is 1. The van der Waals surface area contributed by atoms with Gasteiger partial charge >= 0.3 is 0 Å². The zero-order chi connectivity index (χ0) is 8.67. The van der Waals surface area contributed by atoms with E-state index in [0.29, 0.717) is 12.1 Å². The van der Waals surface area contributed by atoms with Crippen molar-refractivity contribution >= 4 is 18.0 Å². The van der Waals surface area contributed by atoms with Crippen molar-refractivity contribution in [1.29, 1.82) is 0 Å². The van der Waals surface area contributed by atoms with Gasteiger partial charge in [0.25, 0.3) is 0 Å². The quantitative estimate of drug-likeness (QED) is 0.764. The second kappa shape index (κ2) is 3.71. The van der Waals surface area contributed by atoms with E-state index in [0.717, 1.165) is 0 Å². The lowest BCUT2D eigenvalue weighted by atomic mass is 9.94. The molecule has 0 aliphatic carbocycles. The van der Waals surface area contributed by atoms with Crippen LogP contribution in [0, 0.1) is 0 Å². The average molecular weight is 209 g/mol. The third kappa shape index (κ3) is 1.45. The van der Waals surface area contributed by atoms with Crippen LogP contribution in [-0.2, 0) is 0 Å². The normalized spacial score (nSPS) is 28.4. The highest BCUT2D eigenvalue weighted by Crippen LogP contribution is 2.33. The molecule has 0 saturated carbocycles. The van der Waals surface area contributed by atoms with Gasteiger partial charge < -0.3 is 5.32 Å². The second-order valence-electron chi connectivity index (χ2n) is 3.77. The van der Waals surface area contributed by atoms with E-state index in [-0.39, 0.29) is 12.4 Å². The van der Waals surface area contributed by atoms with E-state index in [2.05, 4.69) is 22.4 Å². The Kier molecular flexibility index (Phi) is 2.57. The number of fused-ring (bicyclic) bond motifs is 2. The molecule has 3 heteroatoms. The van der Waals surface area contributed by atoms with Crippen LogP contribution in [0.2, 0.25) is 0 Å². The first-order chi connectivity index (χ1) is 6.43. The third-order valence-corrected chi connectivity index (χ3v) is 2.93. The summed E-state index contributed by atoms with van der Waals surface area (Å²) < 4.78 is 0. The zero-order valence-electron chi connectivity index (χ0n) is 7.81. The summed E-state index contributed by atoms with van der Waals surface area (Å²) in [6.07, 6.45) is 8.71. The molecule has 2 unspecified atom stereocenters. The summed E-state index contributed by atoms with van der Waals surface area (Å²) in [5, 5.41) is 3.56. The summed E-state index contributed by atoms with van der Waals surface area (Å²) in [4.78, 5) is 4.14. The topological polar surface area (TPSA) is 24.9 Å². The molecule has 2 atom stereocenters. The number of nitrogens with zero attached hydrogens (tertiary/aromatic N) is 1. The lowest BCUT2D eigenvalue weighted by molar-refractivity contribution is 0.721. The third-order valence-electron chi connectivity index (χ3n) is 2.93. The van der Waals surface area contributed by atoms with Crippen LogP contribution in [-0.4, -0.2) is 17.1 Å². The summed E-state index contributed by atoms with van der Waals surface area (Å²) in [7, 11) is 0. The highest BCUT2D eigenvalue weighted by atomic mass is 35.5. The number of rotatable bonds is 1. The van der Waals surface area contributed by atoms with Crippen LogP contribution in [0.15, 0.2) is 30.6 Å². The van der Waals surface area contributed by atoms with E-state index in [1.165, 1.54) is 24.0 Å². The first-order valence-electron chi connectivity index (χ1n) is 4.81. The Bertz CT molecular complexity index is 348. The fourth-order valence-corrected chi connectivity index (χ4v) is 2.31. The molecular formula is C11H13ClN2. The van der Waals surface area contributed by atoms with Gasteiger partial charge in [0.2, 0.25) is 0 Å². The predicted octanol–water partition coefficient (Wildman–Crippen LogP) is 2.02. The van der Waals surface area contributed by atoms with E-state index < -0.39 is 0 Å². The van der Waals surface area contributed by atoms with Crippen LogP contribution in [0.3, 0.4) is 0 Å². The van der Waals surface area contributed by atoms with Crippen LogP contribution in [0.1, 0.15) is 18.4 Å². The van der Waals surface area contributed by atoms with Gasteiger partial charge in [-0.2, -0.15) is 0 Å².